The second-order valence-electron chi connectivity index (χ2n) is 8.52. The lowest BCUT2D eigenvalue weighted by Crippen LogP contribution is -2.44. The van der Waals surface area contributed by atoms with Crippen LogP contribution in [-0.2, 0) is 11.3 Å². The lowest BCUT2D eigenvalue weighted by atomic mass is 10.0. The summed E-state index contributed by atoms with van der Waals surface area (Å²) >= 11 is 0. The highest BCUT2D eigenvalue weighted by atomic mass is 16.5. The van der Waals surface area contributed by atoms with Gasteiger partial charge in [-0.3, -0.25) is 0 Å². The predicted octanol–water partition coefficient (Wildman–Crippen LogP) is 3.95. The summed E-state index contributed by atoms with van der Waals surface area (Å²) in [5.41, 5.74) is 3.99. The Morgan fingerprint density at radius 1 is 1.19 bits per heavy atom. The number of nitrogens with zero attached hydrogens (tertiary/aromatic N) is 4. The minimum atomic E-state index is 0.243. The van der Waals surface area contributed by atoms with Crippen molar-refractivity contribution in [1.29, 1.82) is 0 Å². The van der Waals surface area contributed by atoms with E-state index >= 15 is 0 Å². The van der Waals surface area contributed by atoms with Gasteiger partial charge in [0.25, 0.3) is 0 Å². The van der Waals surface area contributed by atoms with Gasteiger partial charge in [0.1, 0.15) is 5.82 Å². The first-order valence-corrected chi connectivity index (χ1v) is 11.8. The molecule has 1 N–H and O–H groups in total. The predicted molar refractivity (Wildman–Crippen MR) is 132 cm³/mol. The second kappa shape index (κ2) is 11.1. The molecule has 1 unspecified atom stereocenters. The van der Waals surface area contributed by atoms with E-state index in [0.29, 0.717) is 6.54 Å². The Bertz CT molecular complexity index is 917. The molecule has 32 heavy (non-hydrogen) atoms. The Hall–Kier alpha value is -2.86. The van der Waals surface area contributed by atoms with Crippen LogP contribution in [0.4, 0.5) is 5.82 Å². The number of morpholine rings is 1. The van der Waals surface area contributed by atoms with E-state index in [4.69, 9.17) is 9.73 Å². The number of aromatic nitrogens is 1. The molecule has 2 aromatic rings. The van der Waals surface area contributed by atoms with Crippen LogP contribution in [0.2, 0.25) is 0 Å². The van der Waals surface area contributed by atoms with Crippen LogP contribution in [-0.4, -0.2) is 61.3 Å². The van der Waals surface area contributed by atoms with Crippen LogP contribution >= 0.6 is 0 Å². The summed E-state index contributed by atoms with van der Waals surface area (Å²) in [6, 6.07) is 14.8. The van der Waals surface area contributed by atoms with E-state index in [1.54, 1.807) is 0 Å². The Morgan fingerprint density at radius 2 is 2.00 bits per heavy atom. The summed E-state index contributed by atoms with van der Waals surface area (Å²) in [4.78, 5) is 14.2. The highest BCUT2D eigenvalue weighted by molar-refractivity contribution is 5.80. The smallest absolute Gasteiger partial charge is 0.194 e. The molecule has 2 saturated heterocycles. The van der Waals surface area contributed by atoms with Gasteiger partial charge in [-0.15, -0.1) is 0 Å². The monoisotopic (exact) mass is 433 g/mol. The number of benzene rings is 1. The van der Waals surface area contributed by atoms with Gasteiger partial charge in [-0.2, -0.15) is 0 Å². The molecule has 6 heteroatoms. The SMILES string of the molecule is CCNC(=NCc1ccnc(N2CCOC(C)C2)c1)N1CCC(=Cc2ccccc2)CC1. The summed E-state index contributed by atoms with van der Waals surface area (Å²) in [6.07, 6.45) is 6.63. The number of hydrogen-bond donors (Lipinski definition) is 1. The van der Waals surface area contributed by atoms with Crippen molar-refractivity contribution in [2.75, 3.05) is 44.2 Å². The van der Waals surface area contributed by atoms with Gasteiger partial charge >= 0.3 is 0 Å². The molecule has 0 spiro atoms. The van der Waals surface area contributed by atoms with Gasteiger partial charge in [-0.1, -0.05) is 42.0 Å². The zero-order chi connectivity index (χ0) is 22.2. The molecular weight excluding hydrogens is 398 g/mol. The molecule has 170 valence electrons. The van der Waals surface area contributed by atoms with Crippen molar-refractivity contribution in [1.82, 2.24) is 15.2 Å². The van der Waals surface area contributed by atoms with Gasteiger partial charge in [-0.05, 0) is 49.9 Å². The quantitative estimate of drug-likeness (QED) is 0.572. The zero-order valence-corrected chi connectivity index (χ0v) is 19.3. The van der Waals surface area contributed by atoms with E-state index in [9.17, 15) is 0 Å². The number of ether oxygens (including phenoxy) is 1. The van der Waals surface area contributed by atoms with Gasteiger partial charge in [0.15, 0.2) is 5.96 Å². The first-order chi connectivity index (χ1) is 15.7. The first-order valence-electron chi connectivity index (χ1n) is 11.8. The van der Waals surface area contributed by atoms with Crippen molar-refractivity contribution in [2.24, 2.45) is 4.99 Å². The number of guanidine groups is 1. The van der Waals surface area contributed by atoms with Crippen molar-refractivity contribution in [2.45, 2.75) is 39.3 Å². The zero-order valence-electron chi connectivity index (χ0n) is 19.3. The van der Waals surface area contributed by atoms with Crippen molar-refractivity contribution in [3.05, 3.63) is 65.4 Å². The minimum absolute atomic E-state index is 0.243. The van der Waals surface area contributed by atoms with Gasteiger partial charge in [0, 0.05) is 38.9 Å². The number of nitrogens with one attached hydrogen (secondary N) is 1. The average Bonchev–Trinajstić information content (AvgIpc) is 2.83. The second-order valence-corrected chi connectivity index (χ2v) is 8.52. The van der Waals surface area contributed by atoms with Crippen LogP contribution in [0.15, 0.2) is 59.2 Å². The highest BCUT2D eigenvalue weighted by Crippen LogP contribution is 2.20. The number of piperidine rings is 1. The molecule has 0 amide bonds. The van der Waals surface area contributed by atoms with Gasteiger partial charge in [-0.25, -0.2) is 9.98 Å². The Balaban J connectivity index is 1.38. The maximum Gasteiger partial charge on any atom is 0.194 e. The normalized spacial score (nSPS) is 19.8. The molecule has 2 aliphatic heterocycles. The highest BCUT2D eigenvalue weighted by Gasteiger charge is 2.19. The van der Waals surface area contributed by atoms with Crippen LogP contribution in [0.5, 0.6) is 0 Å². The standard InChI is InChI=1S/C26H35N5O/c1-3-27-26(30-13-10-23(11-14-30)17-22-7-5-4-6-8-22)29-19-24-9-12-28-25(18-24)31-15-16-32-21(2)20-31/h4-9,12,17-18,21H,3,10-11,13-16,19-20H2,1-2H3,(H,27,29). The van der Waals surface area contributed by atoms with Gasteiger partial charge < -0.3 is 19.9 Å². The summed E-state index contributed by atoms with van der Waals surface area (Å²) in [5.74, 6) is 2.02. The van der Waals surface area contributed by atoms with Crippen LogP contribution < -0.4 is 10.2 Å². The van der Waals surface area contributed by atoms with E-state index in [1.807, 2.05) is 6.20 Å². The largest absolute Gasteiger partial charge is 0.375 e. The number of likely N-dealkylation sites (tertiary alicyclic amines) is 1. The summed E-state index contributed by atoms with van der Waals surface area (Å²) in [6.45, 7) is 10.3. The Morgan fingerprint density at radius 3 is 2.75 bits per heavy atom. The topological polar surface area (TPSA) is 53.0 Å². The number of pyridine rings is 1. The van der Waals surface area contributed by atoms with Crippen molar-refractivity contribution >= 4 is 17.9 Å². The maximum atomic E-state index is 5.66. The molecule has 3 heterocycles. The number of aliphatic imine (C=N–C) groups is 1. The lowest BCUT2D eigenvalue weighted by molar-refractivity contribution is 0.0529. The van der Waals surface area contributed by atoms with Gasteiger partial charge in [0.05, 0.1) is 19.3 Å². The van der Waals surface area contributed by atoms with Crippen LogP contribution in [0.1, 0.15) is 37.8 Å². The molecular formula is C26H35N5O. The molecule has 1 aromatic heterocycles. The summed E-state index contributed by atoms with van der Waals surface area (Å²) < 4.78 is 5.66. The number of anilines is 1. The van der Waals surface area contributed by atoms with Crippen molar-refractivity contribution < 1.29 is 4.74 Å². The van der Waals surface area contributed by atoms with E-state index in [0.717, 1.165) is 63.9 Å². The minimum Gasteiger partial charge on any atom is -0.375 e. The van der Waals surface area contributed by atoms with Crippen LogP contribution in [0.25, 0.3) is 6.08 Å². The van der Waals surface area contributed by atoms with E-state index < -0.39 is 0 Å². The number of hydrogen-bond acceptors (Lipinski definition) is 4. The van der Waals surface area contributed by atoms with E-state index in [1.165, 1.54) is 16.7 Å². The molecule has 2 aliphatic rings. The summed E-state index contributed by atoms with van der Waals surface area (Å²) in [7, 11) is 0. The third kappa shape index (κ3) is 6.10. The van der Waals surface area contributed by atoms with E-state index in [2.05, 4.69) is 82.5 Å². The fourth-order valence-corrected chi connectivity index (χ4v) is 4.29. The molecule has 0 saturated carbocycles. The van der Waals surface area contributed by atoms with E-state index in [-0.39, 0.29) is 6.10 Å². The Kier molecular flexibility index (Phi) is 7.77. The third-order valence-corrected chi connectivity index (χ3v) is 6.00. The maximum absolute atomic E-state index is 5.66. The van der Waals surface area contributed by atoms with Crippen molar-refractivity contribution in [3.8, 4) is 0 Å². The average molecular weight is 434 g/mol. The Labute approximate surface area is 192 Å². The number of rotatable bonds is 5. The van der Waals surface area contributed by atoms with Crippen molar-refractivity contribution in [3.63, 3.8) is 0 Å². The molecule has 2 fully saturated rings. The molecule has 0 radical (unpaired) electrons. The fourth-order valence-electron chi connectivity index (χ4n) is 4.29. The molecule has 1 aromatic carbocycles. The summed E-state index contributed by atoms with van der Waals surface area (Å²) in [5, 5.41) is 3.48. The fraction of sp³-hybridized carbons (Fsp3) is 0.462. The van der Waals surface area contributed by atoms with Gasteiger partial charge in [0.2, 0.25) is 0 Å². The molecule has 4 rings (SSSR count). The lowest BCUT2D eigenvalue weighted by Gasteiger charge is -2.32. The van der Waals surface area contributed by atoms with Crippen LogP contribution in [0, 0.1) is 0 Å². The molecule has 0 aliphatic carbocycles. The van der Waals surface area contributed by atoms with Crippen LogP contribution in [0.3, 0.4) is 0 Å². The third-order valence-electron chi connectivity index (χ3n) is 6.00. The molecule has 6 nitrogen and oxygen atoms in total. The molecule has 0 bridgehead atoms. The first kappa shape index (κ1) is 22.3. The molecule has 1 atom stereocenters.